The van der Waals surface area contributed by atoms with Crippen molar-refractivity contribution < 1.29 is 23.8 Å². The lowest BCUT2D eigenvalue weighted by atomic mass is 10.1. The van der Waals surface area contributed by atoms with Crippen LogP contribution < -0.4 is 15.2 Å². The number of methoxy groups -OCH3 is 2. The summed E-state index contributed by atoms with van der Waals surface area (Å²) in [6.07, 6.45) is 3.74. The zero-order valence-electron chi connectivity index (χ0n) is 19.6. The number of carbonyl (C=O) groups is 2. The van der Waals surface area contributed by atoms with Gasteiger partial charge in [0, 0.05) is 24.7 Å². The van der Waals surface area contributed by atoms with Crippen LogP contribution in [0.25, 0.3) is 0 Å². The number of nitrogens with two attached hydrogens (primary N) is 1. The molecule has 1 atom stereocenters. The van der Waals surface area contributed by atoms with E-state index >= 15 is 0 Å². The molecular weight excluding hydrogens is 448 g/mol. The minimum absolute atomic E-state index is 0.0497. The van der Waals surface area contributed by atoms with Gasteiger partial charge in [-0.25, -0.2) is 0 Å². The van der Waals surface area contributed by atoms with Gasteiger partial charge in [0.25, 0.3) is 5.91 Å². The van der Waals surface area contributed by atoms with Crippen molar-refractivity contribution in [3.63, 3.8) is 0 Å². The molecular formula is C23H36N2O5S2. The second kappa shape index (κ2) is 13.7. The maximum atomic E-state index is 13.4. The van der Waals surface area contributed by atoms with Crippen molar-refractivity contribution in [2.45, 2.75) is 56.6 Å². The molecule has 0 aliphatic carbocycles. The predicted octanol–water partition coefficient (Wildman–Crippen LogP) is 4.44. The summed E-state index contributed by atoms with van der Waals surface area (Å²) in [4.78, 5) is 26.6. The van der Waals surface area contributed by atoms with Gasteiger partial charge in [0.05, 0.1) is 37.0 Å². The van der Waals surface area contributed by atoms with Gasteiger partial charge in [0.1, 0.15) is 0 Å². The Kier molecular flexibility index (Phi) is 11.4. The van der Waals surface area contributed by atoms with E-state index in [0.717, 1.165) is 30.9 Å². The van der Waals surface area contributed by atoms with Gasteiger partial charge < -0.3 is 24.8 Å². The number of ether oxygens (including phenoxy) is 3. The second-order valence-electron chi connectivity index (χ2n) is 7.46. The van der Waals surface area contributed by atoms with Gasteiger partial charge >= 0.3 is 5.97 Å². The third kappa shape index (κ3) is 7.13. The third-order valence-corrected chi connectivity index (χ3v) is 8.13. The summed E-state index contributed by atoms with van der Waals surface area (Å²) >= 11 is 3.82. The summed E-state index contributed by atoms with van der Waals surface area (Å²) in [5.74, 6) is 2.75. The minimum Gasteiger partial charge on any atom is -0.493 e. The number of rotatable bonds is 13. The van der Waals surface area contributed by atoms with Gasteiger partial charge in [0.2, 0.25) is 0 Å². The first kappa shape index (κ1) is 26.5. The lowest BCUT2D eigenvalue weighted by Crippen LogP contribution is -2.41. The highest BCUT2D eigenvalue weighted by molar-refractivity contribution is 8.17. The fourth-order valence-corrected chi connectivity index (χ4v) is 6.64. The second-order valence-corrected chi connectivity index (χ2v) is 10.6. The summed E-state index contributed by atoms with van der Waals surface area (Å²) in [6, 6.07) is 3.55. The number of thioether (sulfide) groups is 2. The number of esters is 1. The number of anilines is 1. The number of benzene rings is 1. The Labute approximate surface area is 200 Å². The maximum Gasteiger partial charge on any atom is 0.305 e. The lowest BCUT2D eigenvalue weighted by molar-refractivity contribution is -0.140. The molecule has 9 heteroatoms. The Morgan fingerprint density at radius 3 is 2.50 bits per heavy atom. The van der Waals surface area contributed by atoms with Crippen LogP contribution in [0.15, 0.2) is 12.1 Å². The van der Waals surface area contributed by atoms with E-state index in [1.54, 1.807) is 19.2 Å². The average molecular weight is 485 g/mol. The topological polar surface area (TPSA) is 91.1 Å². The molecule has 32 heavy (non-hydrogen) atoms. The Morgan fingerprint density at radius 1 is 1.16 bits per heavy atom. The molecule has 0 saturated carbocycles. The predicted molar refractivity (Wildman–Crippen MR) is 133 cm³/mol. The molecule has 7 nitrogen and oxygen atoms in total. The summed E-state index contributed by atoms with van der Waals surface area (Å²) < 4.78 is 16.3. The summed E-state index contributed by atoms with van der Waals surface area (Å²) in [7, 11) is 2.93. The summed E-state index contributed by atoms with van der Waals surface area (Å²) in [5.41, 5.74) is 7.12. The molecule has 180 valence electrons. The Hall–Kier alpha value is -1.74. The molecule has 2 N–H and O–H groups in total. The summed E-state index contributed by atoms with van der Waals surface area (Å²) in [6.45, 7) is 5.48. The van der Waals surface area contributed by atoms with Crippen LogP contribution in [0.2, 0.25) is 0 Å². The molecule has 0 spiro atoms. The molecule has 1 fully saturated rings. The van der Waals surface area contributed by atoms with Gasteiger partial charge in [-0.3, -0.25) is 9.59 Å². The quantitative estimate of drug-likeness (QED) is 0.190. The monoisotopic (exact) mass is 484 g/mol. The largest absolute Gasteiger partial charge is 0.493 e. The smallest absolute Gasteiger partial charge is 0.305 e. The van der Waals surface area contributed by atoms with Crippen molar-refractivity contribution >= 4 is 41.1 Å². The molecule has 2 rings (SSSR count). The molecule has 1 heterocycles. The van der Waals surface area contributed by atoms with E-state index in [1.165, 1.54) is 7.11 Å². The van der Waals surface area contributed by atoms with Gasteiger partial charge in [-0.05, 0) is 43.3 Å². The average Bonchev–Trinajstić information content (AvgIpc) is 3.28. The molecule has 1 aliphatic rings. The van der Waals surface area contributed by atoms with Crippen molar-refractivity contribution in [3.8, 4) is 11.5 Å². The van der Waals surface area contributed by atoms with E-state index in [-0.39, 0.29) is 17.9 Å². The fraction of sp³-hybridized carbons (Fsp3) is 0.652. The first-order valence-electron chi connectivity index (χ1n) is 11.2. The van der Waals surface area contributed by atoms with Crippen LogP contribution in [0.4, 0.5) is 5.69 Å². The highest BCUT2D eigenvalue weighted by Gasteiger charge is 2.36. The SMILES string of the molecule is CCSC(SCC)[C@@H]1CCCN1C(=O)c1cc(OC)c(OCCCCC(=O)OC)cc1N. The Bertz CT molecular complexity index is 756. The molecule has 0 bridgehead atoms. The molecule has 0 radical (unpaired) electrons. The number of hydrogen-bond acceptors (Lipinski definition) is 8. The summed E-state index contributed by atoms with van der Waals surface area (Å²) in [5, 5.41) is 0. The van der Waals surface area contributed by atoms with Crippen LogP contribution in [0.1, 0.15) is 56.3 Å². The molecule has 1 aromatic carbocycles. The molecule has 0 unspecified atom stereocenters. The molecule has 1 amide bonds. The highest BCUT2D eigenvalue weighted by Crippen LogP contribution is 2.38. The van der Waals surface area contributed by atoms with Gasteiger partial charge in [0.15, 0.2) is 11.5 Å². The van der Waals surface area contributed by atoms with E-state index in [0.29, 0.717) is 53.2 Å². The van der Waals surface area contributed by atoms with Gasteiger partial charge in [-0.15, -0.1) is 23.5 Å². The zero-order chi connectivity index (χ0) is 23.5. The van der Waals surface area contributed by atoms with Crippen molar-refractivity contribution in [1.82, 2.24) is 4.90 Å². The van der Waals surface area contributed by atoms with E-state index in [2.05, 4.69) is 18.6 Å². The van der Waals surface area contributed by atoms with Crippen LogP contribution >= 0.6 is 23.5 Å². The first-order valence-corrected chi connectivity index (χ1v) is 13.3. The van der Waals surface area contributed by atoms with Crippen molar-refractivity contribution in [1.29, 1.82) is 0 Å². The van der Waals surface area contributed by atoms with Gasteiger partial charge in [-0.1, -0.05) is 13.8 Å². The number of nitrogen functional groups attached to an aromatic ring is 1. The number of likely N-dealkylation sites (tertiary alicyclic amines) is 1. The van der Waals surface area contributed by atoms with E-state index in [9.17, 15) is 9.59 Å². The number of hydrogen-bond donors (Lipinski definition) is 1. The molecule has 1 aliphatic heterocycles. The zero-order valence-corrected chi connectivity index (χ0v) is 21.2. The van der Waals surface area contributed by atoms with Crippen molar-refractivity contribution in [2.75, 3.05) is 44.6 Å². The first-order chi connectivity index (χ1) is 15.5. The highest BCUT2D eigenvalue weighted by atomic mass is 32.2. The third-order valence-electron chi connectivity index (χ3n) is 5.36. The van der Waals surface area contributed by atoms with Gasteiger partial charge in [-0.2, -0.15) is 0 Å². The van der Waals surface area contributed by atoms with Crippen LogP contribution in [-0.2, 0) is 9.53 Å². The number of amides is 1. The lowest BCUT2D eigenvalue weighted by Gasteiger charge is -2.31. The van der Waals surface area contributed by atoms with E-state index in [1.807, 2.05) is 28.4 Å². The van der Waals surface area contributed by atoms with Crippen LogP contribution in [-0.4, -0.2) is 66.3 Å². The van der Waals surface area contributed by atoms with Crippen LogP contribution in [0.5, 0.6) is 11.5 Å². The fourth-order valence-electron chi connectivity index (χ4n) is 3.77. The minimum atomic E-state index is -0.230. The van der Waals surface area contributed by atoms with Crippen LogP contribution in [0, 0.1) is 0 Å². The number of nitrogens with zero attached hydrogens (tertiary/aromatic N) is 1. The molecule has 0 aromatic heterocycles. The van der Waals surface area contributed by atoms with Crippen LogP contribution in [0.3, 0.4) is 0 Å². The standard InChI is InChI=1S/C23H36N2O5S2/c1-5-31-23(32-6-2)18-10-9-12-25(18)22(27)16-14-19(28-3)20(15-17(16)24)30-13-8-7-11-21(26)29-4/h14-15,18,23H,5-13,24H2,1-4H3/t18-/m0/s1. The Morgan fingerprint density at radius 2 is 1.88 bits per heavy atom. The Balaban J connectivity index is 2.10. The van der Waals surface area contributed by atoms with Crippen molar-refractivity contribution in [2.24, 2.45) is 0 Å². The van der Waals surface area contributed by atoms with Crippen molar-refractivity contribution in [3.05, 3.63) is 17.7 Å². The van der Waals surface area contributed by atoms with E-state index < -0.39 is 0 Å². The number of carbonyl (C=O) groups excluding carboxylic acids is 2. The van der Waals surface area contributed by atoms with E-state index in [4.69, 9.17) is 15.2 Å². The molecule has 1 aromatic rings. The number of unbranched alkanes of at least 4 members (excludes halogenated alkanes) is 1. The molecule has 1 saturated heterocycles. The normalized spacial score (nSPS) is 15.8. The maximum absolute atomic E-state index is 13.4.